The molecule has 0 bridgehead atoms. The standard InChI is InChI=1S/C21H22F2O3/c1-21(2,3)16-9-7-15(8-10-16)17(24)11-5-14-6-12-18(26-20(22)23)19(13-14)25-4/h5-13,20H,1-4H3/b11-5+. The van der Waals surface area contributed by atoms with Gasteiger partial charge in [0.25, 0.3) is 0 Å². The van der Waals surface area contributed by atoms with Crippen molar-refractivity contribution in [2.75, 3.05) is 7.11 Å². The molecule has 0 aromatic heterocycles. The Morgan fingerprint density at radius 1 is 1.04 bits per heavy atom. The van der Waals surface area contributed by atoms with Crippen molar-refractivity contribution >= 4 is 11.9 Å². The molecule has 138 valence electrons. The van der Waals surface area contributed by atoms with Crippen LogP contribution in [0.5, 0.6) is 11.5 Å². The van der Waals surface area contributed by atoms with E-state index in [-0.39, 0.29) is 22.7 Å². The molecule has 0 N–H and O–H groups in total. The van der Waals surface area contributed by atoms with Gasteiger partial charge in [-0.3, -0.25) is 4.79 Å². The number of hydrogen-bond acceptors (Lipinski definition) is 3. The lowest BCUT2D eigenvalue weighted by molar-refractivity contribution is -0.0512. The molecule has 2 rings (SSSR count). The van der Waals surface area contributed by atoms with Crippen LogP contribution >= 0.6 is 0 Å². The predicted molar refractivity (Wildman–Crippen MR) is 98.1 cm³/mol. The third-order valence-corrected chi connectivity index (χ3v) is 3.87. The van der Waals surface area contributed by atoms with Gasteiger partial charge >= 0.3 is 6.61 Å². The first-order valence-corrected chi connectivity index (χ1v) is 8.16. The summed E-state index contributed by atoms with van der Waals surface area (Å²) in [5.74, 6) is -0.0180. The SMILES string of the molecule is COc1cc(/C=C/C(=O)c2ccc(C(C)(C)C)cc2)ccc1OC(F)F. The smallest absolute Gasteiger partial charge is 0.387 e. The van der Waals surface area contributed by atoms with E-state index < -0.39 is 6.61 Å². The van der Waals surface area contributed by atoms with Crippen LogP contribution in [-0.4, -0.2) is 19.5 Å². The molecule has 26 heavy (non-hydrogen) atoms. The first kappa shape index (κ1) is 19.6. The molecule has 0 atom stereocenters. The Morgan fingerprint density at radius 3 is 2.23 bits per heavy atom. The fourth-order valence-electron chi connectivity index (χ4n) is 2.38. The maximum Gasteiger partial charge on any atom is 0.387 e. The zero-order valence-electron chi connectivity index (χ0n) is 15.3. The molecule has 0 aliphatic carbocycles. The Balaban J connectivity index is 2.14. The summed E-state index contributed by atoms with van der Waals surface area (Å²) < 4.78 is 34.1. The number of rotatable bonds is 6. The molecular weight excluding hydrogens is 338 g/mol. The van der Waals surface area contributed by atoms with Gasteiger partial charge in [0.15, 0.2) is 17.3 Å². The number of benzene rings is 2. The minimum absolute atomic E-state index is 0.0238. The first-order valence-electron chi connectivity index (χ1n) is 8.16. The van der Waals surface area contributed by atoms with E-state index in [4.69, 9.17) is 4.74 Å². The predicted octanol–water partition coefficient (Wildman–Crippen LogP) is 5.49. The third-order valence-electron chi connectivity index (χ3n) is 3.87. The summed E-state index contributed by atoms with van der Waals surface area (Å²) in [6, 6.07) is 12.0. The minimum atomic E-state index is -2.93. The van der Waals surface area contributed by atoms with Crippen LogP contribution in [0.2, 0.25) is 0 Å². The molecular formula is C21H22F2O3. The van der Waals surface area contributed by atoms with Crippen molar-refractivity contribution in [1.29, 1.82) is 0 Å². The van der Waals surface area contributed by atoms with Crippen LogP contribution in [0.15, 0.2) is 48.5 Å². The van der Waals surface area contributed by atoms with Crippen LogP contribution in [0.3, 0.4) is 0 Å². The van der Waals surface area contributed by atoms with Gasteiger partial charge in [0.2, 0.25) is 0 Å². The van der Waals surface area contributed by atoms with E-state index >= 15 is 0 Å². The van der Waals surface area contributed by atoms with Gasteiger partial charge in [-0.15, -0.1) is 0 Å². The highest BCUT2D eigenvalue weighted by Gasteiger charge is 2.14. The second kappa shape index (κ2) is 8.13. The second-order valence-electron chi connectivity index (χ2n) is 6.81. The average Bonchev–Trinajstić information content (AvgIpc) is 2.59. The molecule has 2 aromatic rings. The van der Waals surface area contributed by atoms with Crippen molar-refractivity contribution < 1.29 is 23.0 Å². The van der Waals surface area contributed by atoms with Crippen molar-refractivity contribution in [3.63, 3.8) is 0 Å². The Hall–Kier alpha value is -2.69. The lowest BCUT2D eigenvalue weighted by Gasteiger charge is -2.18. The number of halogens is 2. The highest BCUT2D eigenvalue weighted by atomic mass is 19.3. The molecule has 0 radical (unpaired) electrons. The van der Waals surface area contributed by atoms with E-state index in [1.54, 1.807) is 24.3 Å². The topological polar surface area (TPSA) is 35.5 Å². The van der Waals surface area contributed by atoms with Crippen LogP contribution in [0.4, 0.5) is 8.78 Å². The highest BCUT2D eigenvalue weighted by Crippen LogP contribution is 2.30. The molecule has 0 saturated heterocycles. The molecule has 0 saturated carbocycles. The summed E-state index contributed by atoms with van der Waals surface area (Å²) >= 11 is 0. The average molecular weight is 360 g/mol. The lowest BCUT2D eigenvalue weighted by Crippen LogP contribution is -2.11. The molecule has 0 spiro atoms. The van der Waals surface area contributed by atoms with Crippen LogP contribution in [0.25, 0.3) is 6.08 Å². The number of allylic oxidation sites excluding steroid dienone is 1. The zero-order valence-corrected chi connectivity index (χ0v) is 15.3. The normalized spacial score (nSPS) is 11.8. The van der Waals surface area contributed by atoms with Crippen molar-refractivity contribution in [2.24, 2.45) is 0 Å². The van der Waals surface area contributed by atoms with E-state index in [9.17, 15) is 13.6 Å². The van der Waals surface area contributed by atoms with Gasteiger partial charge in [-0.2, -0.15) is 8.78 Å². The maximum atomic E-state index is 12.3. The maximum absolute atomic E-state index is 12.3. The summed E-state index contributed by atoms with van der Waals surface area (Å²) in [4.78, 5) is 12.3. The molecule has 0 aliphatic heterocycles. The number of methoxy groups -OCH3 is 1. The van der Waals surface area contributed by atoms with E-state index in [0.29, 0.717) is 11.1 Å². The molecule has 0 fully saturated rings. The van der Waals surface area contributed by atoms with Gasteiger partial charge in [0.05, 0.1) is 7.11 Å². The van der Waals surface area contributed by atoms with Crippen LogP contribution in [0, 0.1) is 0 Å². The van der Waals surface area contributed by atoms with Crippen LogP contribution in [0.1, 0.15) is 42.3 Å². The molecule has 0 amide bonds. The third kappa shape index (κ3) is 5.15. The fourth-order valence-corrected chi connectivity index (χ4v) is 2.38. The molecule has 5 heteroatoms. The fraction of sp³-hybridized carbons (Fsp3) is 0.286. The number of ether oxygens (including phenoxy) is 2. The van der Waals surface area contributed by atoms with Gasteiger partial charge in [-0.05, 0) is 34.8 Å². The molecule has 0 unspecified atom stereocenters. The van der Waals surface area contributed by atoms with E-state index in [1.165, 1.54) is 25.3 Å². The zero-order chi connectivity index (χ0) is 19.3. The summed E-state index contributed by atoms with van der Waals surface area (Å²) in [5.41, 5.74) is 2.40. The summed E-state index contributed by atoms with van der Waals surface area (Å²) in [6.45, 7) is 3.40. The summed E-state index contributed by atoms with van der Waals surface area (Å²) in [5, 5.41) is 0. The summed E-state index contributed by atoms with van der Waals surface area (Å²) in [7, 11) is 1.36. The van der Waals surface area contributed by atoms with Crippen molar-refractivity contribution in [3.8, 4) is 11.5 Å². The van der Waals surface area contributed by atoms with Crippen molar-refractivity contribution in [2.45, 2.75) is 32.8 Å². The number of alkyl halides is 2. The molecule has 0 aliphatic rings. The summed E-state index contributed by atoms with van der Waals surface area (Å²) in [6.07, 6.45) is 3.04. The number of carbonyl (C=O) groups excluding carboxylic acids is 1. The number of hydrogen-bond donors (Lipinski definition) is 0. The molecule has 0 heterocycles. The van der Waals surface area contributed by atoms with Gasteiger partial charge in [-0.25, -0.2) is 0 Å². The quantitative estimate of drug-likeness (QED) is 0.505. The Kier molecular flexibility index (Phi) is 6.14. The van der Waals surface area contributed by atoms with Gasteiger partial charge in [0, 0.05) is 5.56 Å². The van der Waals surface area contributed by atoms with Crippen LogP contribution in [-0.2, 0) is 5.41 Å². The van der Waals surface area contributed by atoms with Gasteiger partial charge in [-0.1, -0.05) is 57.2 Å². The Morgan fingerprint density at radius 2 is 1.69 bits per heavy atom. The van der Waals surface area contributed by atoms with Crippen molar-refractivity contribution in [1.82, 2.24) is 0 Å². The molecule has 2 aromatic carbocycles. The van der Waals surface area contributed by atoms with Crippen molar-refractivity contribution in [3.05, 3.63) is 65.2 Å². The van der Waals surface area contributed by atoms with E-state index in [2.05, 4.69) is 25.5 Å². The van der Waals surface area contributed by atoms with Gasteiger partial charge in [0.1, 0.15) is 0 Å². The van der Waals surface area contributed by atoms with E-state index in [0.717, 1.165) is 5.56 Å². The first-order chi connectivity index (χ1) is 12.2. The Labute approximate surface area is 152 Å². The molecule has 3 nitrogen and oxygen atoms in total. The van der Waals surface area contributed by atoms with Gasteiger partial charge < -0.3 is 9.47 Å². The van der Waals surface area contributed by atoms with E-state index in [1.807, 2.05) is 12.1 Å². The Bertz CT molecular complexity index is 788. The number of carbonyl (C=O) groups is 1. The lowest BCUT2D eigenvalue weighted by atomic mass is 9.86. The minimum Gasteiger partial charge on any atom is -0.493 e. The van der Waals surface area contributed by atoms with Crippen LogP contribution < -0.4 is 9.47 Å². The number of ketones is 1. The second-order valence-corrected chi connectivity index (χ2v) is 6.81. The monoisotopic (exact) mass is 360 g/mol. The highest BCUT2D eigenvalue weighted by molar-refractivity contribution is 6.06. The largest absolute Gasteiger partial charge is 0.493 e.